The minimum Gasteiger partial charge on any atom is -0.374 e. The fraction of sp³-hybridized carbons (Fsp3) is 0.636. The summed E-state index contributed by atoms with van der Waals surface area (Å²) in [6, 6.07) is 0.197. The average Bonchev–Trinajstić information content (AvgIpc) is 2.61. The van der Waals surface area contributed by atoms with Crippen molar-refractivity contribution in [2.45, 2.75) is 26.8 Å². The second-order valence-electron chi connectivity index (χ2n) is 4.36. The van der Waals surface area contributed by atoms with E-state index in [2.05, 4.69) is 29.6 Å². The van der Waals surface area contributed by atoms with E-state index in [4.69, 9.17) is 0 Å². The highest BCUT2D eigenvalue weighted by molar-refractivity contribution is 5.80. The third kappa shape index (κ3) is 3.92. The van der Waals surface area contributed by atoms with Gasteiger partial charge in [-0.2, -0.15) is 5.10 Å². The van der Waals surface area contributed by atoms with E-state index >= 15 is 0 Å². The number of aromatic nitrogens is 2. The third-order valence-corrected chi connectivity index (χ3v) is 2.55. The van der Waals surface area contributed by atoms with Gasteiger partial charge in [0, 0.05) is 19.3 Å². The third-order valence-electron chi connectivity index (χ3n) is 2.55. The lowest BCUT2D eigenvalue weighted by Gasteiger charge is -2.17. The molecule has 1 heterocycles. The molecule has 0 bridgehead atoms. The van der Waals surface area contributed by atoms with Gasteiger partial charge in [0.05, 0.1) is 18.4 Å². The second-order valence-corrected chi connectivity index (χ2v) is 4.36. The zero-order valence-corrected chi connectivity index (χ0v) is 10.3. The number of anilines is 1. The summed E-state index contributed by atoms with van der Waals surface area (Å²) in [4.78, 5) is 11.5. The van der Waals surface area contributed by atoms with Gasteiger partial charge in [-0.15, -0.1) is 0 Å². The van der Waals surface area contributed by atoms with Gasteiger partial charge < -0.3 is 10.6 Å². The summed E-state index contributed by atoms with van der Waals surface area (Å²) in [6.45, 7) is 6.45. The highest BCUT2D eigenvalue weighted by Gasteiger charge is 2.10. The van der Waals surface area contributed by atoms with Crippen molar-refractivity contribution in [3.8, 4) is 0 Å². The molecule has 90 valence electrons. The van der Waals surface area contributed by atoms with Gasteiger partial charge in [0.25, 0.3) is 0 Å². The van der Waals surface area contributed by atoms with Crippen LogP contribution < -0.4 is 10.6 Å². The van der Waals surface area contributed by atoms with E-state index in [0.717, 1.165) is 5.69 Å². The van der Waals surface area contributed by atoms with Crippen LogP contribution >= 0.6 is 0 Å². The van der Waals surface area contributed by atoms with Crippen LogP contribution in [0.3, 0.4) is 0 Å². The van der Waals surface area contributed by atoms with Crippen molar-refractivity contribution in [3.63, 3.8) is 0 Å². The lowest BCUT2D eigenvalue weighted by atomic mass is 10.1. The summed E-state index contributed by atoms with van der Waals surface area (Å²) in [5.41, 5.74) is 0.856. The number of hydrogen-bond acceptors (Lipinski definition) is 3. The van der Waals surface area contributed by atoms with Gasteiger partial charge in [-0.1, -0.05) is 13.8 Å². The normalized spacial score (nSPS) is 12.6. The molecular weight excluding hydrogens is 204 g/mol. The monoisotopic (exact) mass is 224 g/mol. The Morgan fingerprint density at radius 1 is 1.50 bits per heavy atom. The Kier molecular flexibility index (Phi) is 4.34. The Bertz CT molecular complexity index is 346. The van der Waals surface area contributed by atoms with E-state index in [1.807, 2.05) is 20.2 Å². The number of nitrogens with zero attached hydrogens (tertiary/aromatic N) is 2. The number of amides is 1. The van der Waals surface area contributed by atoms with Crippen LogP contribution in [0.25, 0.3) is 0 Å². The average molecular weight is 224 g/mol. The maximum absolute atomic E-state index is 11.5. The second kappa shape index (κ2) is 5.53. The number of carbonyl (C=O) groups excluding carboxylic acids is 1. The number of rotatable bonds is 5. The molecule has 16 heavy (non-hydrogen) atoms. The standard InChI is InChI=1S/C11H20N4O/c1-8(2)9(3)14-11(16)6-12-10-5-13-15(4)7-10/h5,7-9,12H,6H2,1-4H3,(H,14,16). The van der Waals surface area contributed by atoms with E-state index in [1.54, 1.807) is 10.9 Å². The van der Waals surface area contributed by atoms with Crippen molar-refractivity contribution in [1.29, 1.82) is 0 Å². The fourth-order valence-electron chi connectivity index (χ4n) is 1.17. The number of aryl methyl sites for hydroxylation is 1. The molecule has 0 aliphatic rings. The molecular formula is C11H20N4O. The van der Waals surface area contributed by atoms with Crippen LogP contribution in [0.4, 0.5) is 5.69 Å². The first kappa shape index (κ1) is 12.5. The topological polar surface area (TPSA) is 59.0 Å². The van der Waals surface area contributed by atoms with Crippen LogP contribution in [0.2, 0.25) is 0 Å². The van der Waals surface area contributed by atoms with Gasteiger partial charge in [-0.05, 0) is 12.8 Å². The number of nitrogens with one attached hydrogen (secondary N) is 2. The first-order chi connectivity index (χ1) is 7.49. The molecule has 0 aliphatic carbocycles. The molecule has 2 N–H and O–H groups in total. The zero-order valence-electron chi connectivity index (χ0n) is 10.3. The molecule has 5 heteroatoms. The summed E-state index contributed by atoms with van der Waals surface area (Å²) in [5, 5.41) is 9.95. The van der Waals surface area contributed by atoms with E-state index in [0.29, 0.717) is 5.92 Å². The zero-order chi connectivity index (χ0) is 12.1. The predicted molar refractivity (Wildman–Crippen MR) is 64.1 cm³/mol. The molecule has 0 saturated carbocycles. The summed E-state index contributed by atoms with van der Waals surface area (Å²) >= 11 is 0. The van der Waals surface area contributed by atoms with Crippen LogP contribution in [0.5, 0.6) is 0 Å². The molecule has 0 spiro atoms. The van der Waals surface area contributed by atoms with Gasteiger partial charge >= 0.3 is 0 Å². The maximum atomic E-state index is 11.5. The Balaban J connectivity index is 2.30. The summed E-state index contributed by atoms with van der Waals surface area (Å²) in [5.74, 6) is 0.451. The minimum atomic E-state index is 0.00468. The van der Waals surface area contributed by atoms with Crippen LogP contribution in [0.1, 0.15) is 20.8 Å². The Labute approximate surface area is 96.2 Å². The molecule has 1 aromatic rings. The Hall–Kier alpha value is -1.52. The van der Waals surface area contributed by atoms with E-state index < -0.39 is 0 Å². The Morgan fingerprint density at radius 2 is 2.19 bits per heavy atom. The van der Waals surface area contributed by atoms with Gasteiger partial charge in [0.15, 0.2) is 0 Å². The summed E-state index contributed by atoms with van der Waals surface area (Å²) in [7, 11) is 1.84. The quantitative estimate of drug-likeness (QED) is 0.784. The molecule has 1 aromatic heterocycles. The number of carbonyl (C=O) groups is 1. The van der Waals surface area contributed by atoms with E-state index in [-0.39, 0.29) is 18.5 Å². The lowest BCUT2D eigenvalue weighted by Crippen LogP contribution is -2.39. The van der Waals surface area contributed by atoms with Crippen LogP contribution in [-0.2, 0) is 11.8 Å². The lowest BCUT2D eigenvalue weighted by molar-refractivity contribution is -0.120. The SMILES string of the molecule is CC(C)C(C)NC(=O)CNc1cnn(C)c1. The smallest absolute Gasteiger partial charge is 0.239 e. The molecule has 1 unspecified atom stereocenters. The molecule has 1 rings (SSSR count). The molecule has 0 aliphatic heterocycles. The first-order valence-corrected chi connectivity index (χ1v) is 5.51. The highest BCUT2D eigenvalue weighted by atomic mass is 16.1. The molecule has 0 fully saturated rings. The first-order valence-electron chi connectivity index (χ1n) is 5.51. The van der Waals surface area contributed by atoms with Crippen LogP contribution in [-0.4, -0.2) is 28.3 Å². The molecule has 0 radical (unpaired) electrons. The fourth-order valence-corrected chi connectivity index (χ4v) is 1.17. The molecule has 1 amide bonds. The maximum Gasteiger partial charge on any atom is 0.239 e. The van der Waals surface area contributed by atoms with E-state index in [1.165, 1.54) is 0 Å². The van der Waals surface area contributed by atoms with E-state index in [9.17, 15) is 4.79 Å². The van der Waals surface area contributed by atoms with Gasteiger partial charge in [-0.3, -0.25) is 9.48 Å². The Morgan fingerprint density at radius 3 is 2.69 bits per heavy atom. The van der Waals surface area contributed by atoms with Crippen molar-refractivity contribution < 1.29 is 4.79 Å². The van der Waals surface area contributed by atoms with Crippen molar-refractivity contribution in [1.82, 2.24) is 15.1 Å². The van der Waals surface area contributed by atoms with Crippen molar-refractivity contribution >= 4 is 11.6 Å². The van der Waals surface area contributed by atoms with Crippen molar-refractivity contribution in [3.05, 3.63) is 12.4 Å². The molecule has 0 aromatic carbocycles. The highest BCUT2D eigenvalue weighted by Crippen LogP contribution is 2.03. The molecule has 0 saturated heterocycles. The van der Waals surface area contributed by atoms with Gasteiger partial charge in [0.2, 0.25) is 5.91 Å². The number of hydrogen-bond donors (Lipinski definition) is 2. The predicted octanol–water partition coefficient (Wildman–Crippen LogP) is 0.993. The molecule has 1 atom stereocenters. The van der Waals surface area contributed by atoms with Gasteiger partial charge in [0.1, 0.15) is 0 Å². The largest absolute Gasteiger partial charge is 0.374 e. The minimum absolute atomic E-state index is 0.00468. The van der Waals surface area contributed by atoms with Crippen molar-refractivity contribution in [2.24, 2.45) is 13.0 Å². The summed E-state index contributed by atoms with van der Waals surface area (Å²) in [6.07, 6.45) is 3.53. The van der Waals surface area contributed by atoms with Crippen molar-refractivity contribution in [2.75, 3.05) is 11.9 Å². The molecule has 5 nitrogen and oxygen atoms in total. The van der Waals surface area contributed by atoms with Gasteiger partial charge in [-0.25, -0.2) is 0 Å². The van der Waals surface area contributed by atoms with Crippen LogP contribution in [0, 0.1) is 5.92 Å². The van der Waals surface area contributed by atoms with Crippen LogP contribution in [0.15, 0.2) is 12.4 Å². The summed E-state index contributed by atoms with van der Waals surface area (Å²) < 4.78 is 1.69.